The van der Waals surface area contributed by atoms with E-state index in [1.165, 1.54) is 38.9 Å². The van der Waals surface area contributed by atoms with Gasteiger partial charge in [0.05, 0.1) is 5.69 Å². The Bertz CT molecular complexity index is 1370. The van der Waals surface area contributed by atoms with Crippen LogP contribution in [0, 0.1) is 6.92 Å². The molecule has 3 heteroatoms. The van der Waals surface area contributed by atoms with E-state index in [4.69, 9.17) is 9.98 Å². The fourth-order valence-corrected chi connectivity index (χ4v) is 5.17. The molecule has 0 aliphatic rings. The number of para-hydroxylation sites is 1. The van der Waals surface area contributed by atoms with Gasteiger partial charge in [0.25, 0.3) is 0 Å². The zero-order chi connectivity index (χ0) is 30.3. The van der Waals surface area contributed by atoms with Gasteiger partial charge in [-0.05, 0) is 69.9 Å². The summed E-state index contributed by atoms with van der Waals surface area (Å²) in [5.74, 6) is 2.24. The molecule has 2 nitrogen and oxygen atoms in total. The minimum Gasteiger partial charge on any atom is -0.656 e. The van der Waals surface area contributed by atoms with Crippen molar-refractivity contribution in [2.24, 2.45) is 4.99 Å². The molecule has 1 aromatic heterocycles. The molecule has 0 radical (unpaired) electrons. The second-order valence-corrected chi connectivity index (χ2v) is 12.8. The van der Waals surface area contributed by atoms with Gasteiger partial charge in [0, 0.05) is 23.3 Å². The maximum absolute atomic E-state index is 5.06. The first kappa shape index (κ1) is 35.3. The van der Waals surface area contributed by atoms with Crippen molar-refractivity contribution in [1.82, 2.24) is 4.98 Å². The number of hydrogen-bond acceptors (Lipinski definition) is 1. The van der Waals surface area contributed by atoms with Crippen molar-refractivity contribution in [3.8, 4) is 11.3 Å². The molecule has 0 bridgehead atoms. The fraction of sp³-hybridized carbons (Fsp3) is 0.410. The Morgan fingerprint density at radius 2 is 1.07 bits per heavy atom. The molecule has 0 amide bonds. The second kappa shape index (κ2) is 16.1. The molecular formula is C39H51FeN2-. The van der Waals surface area contributed by atoms with Crippen LogP contribution in [0.1, 0.15) is 138 Å². The molecule has 0 unspecified atom stereocenters. The summed E-state index contributed by atoms with van der Waals surface area (Å²) in [6.45, 7) is 24.7. The molecule has 0 saturated carbocycles. The standard InChI is InChI=1S/C32H43N2.C7H8.Fe/c1-19(2)24-16-28(22(7)8)31(29(17-24)23(9)10)30-15-14-25(34-30)18-33-32-26(20(3)4)12-11-13-27(32)21(5)6;1-7-5-3-2-4-6-7;/h11-23H,1-10H3;2-6H,1H3;/q-1;;. The number of nitrogens with zero attached hydrogens (tertiary/aromatic N) is 2. The maximum atomic E-state index is 5.06. The Hall–Kier alpha value is -2.87. The summed E-state index contributed by atoms with van der Waals surface area (Å²) in [6, 6.07) is 25.9. The zero-order valence-electron chi connectivity index (χ0n) is 27.6. The number of aryl methyl sites for hydroxylation is 1. The van der Waals surface area contributed by atoms with E-state index in [1.54, 1.807) is 0 Å². The Labute approximate surface area is 267 Å². The van der Waals surface area contributed by atoms with Crippen LogP contribution in [0.25, 0.3) is 11.3 Å². The SMILES string of the molecule is CC(C)c1cc(C(C)C)c(-c2ccc(C=Nc3c(C(C)C)cccc3C(C)C)[n-]2)c(C(C)C)c1.Cc1ccccc1.[Fe]. The molecule has 0 aliphatic carbocycles. The van der Waals surface area contributed by atoms with E-state index < -0.39 is 0 Å². The van der Waals surface area contributed by atoms with Gasteiger partial charge in [0.15, 0.2) is 0 Å². The monoisotopic (exact) mass is 603 g/mol. The van der Waals surface area contributed by atoms with Crippen LogP contribution in [0.2, 0.25) is 0 Å². The van der Waals surface area contributed by atoms with Gasteiger partial charge < -0.3 is 4.98 Å². The number of aliphatic imine (C=N–C) groups is 1. The van der Waals surface area contributed by atoms with Crippen molar-refractivity contribution in [3.63, 3.8) is 0 Å². The van der Waals surface area contributed by atoms with Crippen molar-refractivity contribution in [2.45, 2.75) is 106 Å². The first-order valence-electron chi connectivity index (χ1n) is 15.4. The van der Waals surface area contributed by atoms with Gasteiger partial charge in [-0.1, -0.05) is 148 Å². The van der Waals surface area contributed by atoms with Crippen molar-refractivity contribution < 1.29 is 17.1 Å². The second-order valence-electron chi connectivity index (χ2n) is 12.8. The molecule has 0 saturated heterocycles. The van der Waals surface area contributed by atoms with Crippen LogP contribution in [0.3, 0.4) is 0 Å². The molecular weight excluding hydrogens is 552 g/mol. The van der Waals surface area contributed by atoms with E-state index in [0.717, 1.165) is 17.1 Å². The summed E-state index contributed by atoms with van der Waals surface area (Å²) in [6.07, 6.45) is 1.95. The van der Waals surface area contributed by atoms with E-state index in [2.05, 4.69) is 131 Å². The van der Waals surface area contributed by atoms with Crippen LogP contribution < -0.4 is 4.98 Å². The van der Waals surface area contributed by atoms with Crippen LogP contribution in [0.15, 0.2) is 77.8 Å². The molecule has 42 heavy (non-hydrogen) atoms. The van der Waals surface area contributed by atoms with Crippen LogP contribution in [0.5, 0.6) is 0 Å². The average molecular weight is 604 g/mol. The molecule has 4 aromatic rings. The smallest absolute Gasteiger partial charge is 0.0698 e. The molecule has 4 rings (SSSR count). The van der Waals surface area contributed by atoms with Gasteiger partial charge in [-0.3, -0.25) is 4.99 Å². The number of benzene rings is 3. The van der Waals surface area contributed by atoms with Gasteiger partial charge in [0.2, 0.25) is 0 Å². The van der Waals surface area contributed by atoms with E-state index >= 15 is 0 Å². The minimum absolute atomic E-state index is 0. The summed E-state index contributed by atoms with van der Waals surface area (Å²) >= 11 is 0. The Morgan fingerprint density at radius 3 is 1.48 bits per heavy atom. The van der Waals surface area contributed by atoms with Gasteiger partial charge in [-0.25, -0.2) is 0 Å². The van der Waals surface area contributed by atoms with E-state index in [1.807, 2.05) is 24.4 Å². The van der Waals surface area contributed by atoms with Crippen LogP contribution in [-0.2, 0) is 17.1 Å². The third-order valence-corrected chi connectivity index (χ3v) is 7.66. The van der Waals surface area contributed by atoms with E-state index in [0.29, 0.717) is 29.6 Å². The van der Waals surface area contributed by atoms with E-state index in [9.17, 15) is 0 Å². The molecule has 3 aromatic carbocycles. The first-order chi connectivity index (χ1) is 19.4. The van der Waals surface area contributed by atoms with Gasteiger partial charge >= 0.3 is 0 Å². The molecule has 1 heterocycles. The van der Waals surface area contributed by atoms with Gasteiger partial charge in [-0.15, -0.1) is 11.4 Å². The molecule has 0 atom stereocenters. The summed E-state index contributed by atoms with van der Waals surface area (Å²) < 4.78 is 0. The Morgan fingerprint density at radius 1 is 0.571 bits per heavy atom. The molecule has 0 N–H and O–H groups in total. The van der Waals surface area contributed by atoms with Crippen LogP contribution in [-0.4, -0.2) is 6.21 Å². The predicted octanol–water partition coefficient (Wildman–Crippen LogP) is 11.7. The van der Waals surface area contributed by atoms with Crippen molar-refractivity contribution in [2.75, 3.05) is 0 Å². The summed E-state index contributed by atoms with van der Waals surface area (Å²) in [7, 11) is 0. The van der Waals surface area contributed by atoms with Crippen molar-refractivity contribution >= 4 is 11.9 Å². The Balaban J connectivity index is 0.000000674. The predicted molar refractivity (Wildman–Crippen MR) is 181 cm³/mol. The van der Waals surface area contributed by atoms with E-state index in [-0.39, 0.29) is 17.1 Å². The zero-order valence-corrected chi connectivity index (χ0v) is 28.7. The number of hydrogen-bond donors (Lipinski definition) is 0. The summed E-state index contributed by atoms with van der Waals surface area (Å²) in [5.41, 5.74) is 12.5. The number of aromatic nitrogens is 1. The summed E-state index contributed by atoms with van der Waals surface area (Å²) in [4.78, 5) is 10.0. The largest absolute Gasteiger partial charge is 0.656 e. The fourth-order valence-electron chi connectivity index (χ4n) is 5.17. The van der Waals surface area contributed by atoms with Gasteiger partial charge in [0.1, 0.15) is 0 Å². The van der Waals surface area contributed by atoms with Crippen LogP contribution >= 0.6 is 0 Å². The maximum Gasteiger partial charge on any atom is 0.0698 e. The first-order valence-corrected chi connectivity index (χ1v) is 15.4. The average Bonchev–Trinajstić information content (AvgIpc) is 3.40. The van der Waals surface area contributed by atoms with Crippen LogP contribution in [0.4, 0.5) is 5.69 Å². The molecule has 0 spiro atoms. The van der Waals surface area contributed by atoms with Crippen molar-refractivity contribution in [3.05, 3.63) is 112 Å². The third-order valence-electron chi connectivity index (χ3n) is 7.66. The quantitative estimate of drug-likeness (QED) is 0.145. The number of rotatable bonds is 8. The normalized spacial score (nSPS) is 11.5. The summed E-state index contributed by atoms with van der Waals surface area (Å²) in [5, 5.41) is 0. The third kappa shape index (κ3) is 9.06. The molecule has 0 fully saturated rings. The topological polar surface area (TPSA) is 26.5 Å². The Kier molecular flexibility index (Phi) is 13.5. The molecule has 0 aliphatic heterocycles. The molecule has 226 valence electrons. The van der Waals surface area contributed by atoms with Gasteiger partial charge in [-0.2, -0.15) is 0 Å². The minimum atomic E-state index is 0. The van der Waals surface area contributed by atoms with Crippen molar-refractivity contribution in [1.29, 1.82) is 0 Å².